The fraction of sp³-hybridized carbons (Fsp3) is 0.354. The lowest BCUT2D eigenvalue weighted by Crippen LogP contribution is -2.29. The zero-order chi connectivity index (χ0) is 37.7. The van der Waals surface area contributed by atoms with Gasteiger partial charge in [-0.15, -0.1) is 6.58 Å². The molecule has 3 aliphatic carbocycles. The molecule has 3 aliphatic rings. The zero-order valence-electron chi connectivity index (χ0n) is 32.8. The lowest BCUT2D eigenvalue weighted by atomic mass is 9.63. The van der Waals surface area contributed by atoms with Gasteiger partial charge >= 0.3 is 0 Å². The maximum atomic E-state index is 8.00. The van der Waals surface area contributed by atoms with Gasteiger partial charge < -0.3 is 9.53 Å². The van der Waals surface area contributed by atoms with Crippen LogP contribution in [0.3, 0.4) is 0 Å². The van der Waals surface area contributed by atoms with Gasteiger partial charge in [0.1, 0.15) is 6.79 Å². The van der Waals surface area contributed by atoms with E-state index in [1.807, 2.05) is 26.7 Å². The van der Waals surface area contributed by atoms with Crippen LogP contribution in [0.15, 0.2) is 157 Å². The fourth-order valence-corrected chi connectivity index (χ4v) is 6.69. The number of ether oxygens (including phenoxy) is 1. The quantitative estimate of drug-likeness (QED) is 0.206. The Morgan fingerprint density at radius 1 is 0.980 bits per heavy atom. The van der Waals surface area contributed by atoms with Crippen molar-refractivity contribution in [3.63, 3.8) is 0 Å². The van der Waals surface area contributed by atoms with Crippen LogP contribution in [0, 0.1) is 36.5 Å². The van der Waals surface area contributed by atoms with Crippen LogP contribution in [0.1, 0.15) is 72.4 Å². The van der Waals surface area contributed by atoms with Crippen LogP contribution in [-0.2, 0) is 9.53 Å². The molecule has 0 aromatic heterocycles. The van der Waals surface area contributed by atoms with Crippen molar-refractivity contribution in [1.29, 1.82) is 0 Å². The number of aryl methyl sites for hydroxylation is 2. The molecule has 3 unspecified atom stereocenters. The first-order valence-electron chi connectivity index (χ1n) is 18.0. The van der Waals surface area contributed by atoms with E-state index >= 15 is 0 Å². The number of carbonyl (C=O) groups excluding carboxylic acids is 1. The average molecular weight is 673 g/mol. The molecule has 5 rings (SSSR count). The van der Waals surface area contributed by atoms with Gasteiger partial charge in [0.05, 0.1) is 12.0 Å². The summed E-state index contributed by atoms with van der Waals surface area (Å²) in [5, 5.41) is 0. The van der Waals surface area contributed by atoms with Crippen LogP contribution in [0.2, 0.25) is 0 Å². The molecule has 2 aromatic carbocycles. The zero-order valence-corrected chi connectivity index (χ0v) is 32.8. The third-order valence-corrected chi connectivity index (χ3v) is 9.09. The van der Waals surface area contributed by atoms with Crippen molar-refractivity contribution in [2.45, 2.75) is 75.2 Å². The van der Waals surface area contributed by atoms with E-state index in [4.69, 9.17) is 4.79 Å². The smallest absolute Gasteiger partial charge is 0.106 e. The molecular formula is C48H64O2. The molecule has 0 fully saturated rings. The van der Waals surface area contributed by atoms with E-state index in [2.05, 4.69) is 176 Å². The first kappa shape index (κ1) is 43.8. The number of carbonyl (C=O) groups is 1. The number of methoxy groups -OCH3 is 1. The maximum Gasteiger partial charge on any atom is 0.106 e. The van der Waals surface area contributed by atoms with Crippen molar-refractivity contribution in [3.8, 4) is 11.1 Å². The maximum absolute atomic E-state index is 8.00. The highest BCUT2D eigenvalue weighted by Crippen LogP contribution is 2.66. The van der Waals surface area contributed by atoms with Crippen LogP contribution >= 0.6 is 0 Å². The first-order valence-corrected chi connectivity index (χ1v) is 18.0. The summed E-state index contributed by atoms with van der Waals surface area (Å²) in [7, 11) is 1.64. The van der Waals surface area contributed by atoms with E-state index in [9.17, 15) is 0 Å². The number of rotatable bonds is 8. The van der Waals surface area contributed by atoms with Gasteiger partial charge in [-0.25, -0.2) is 0 Å². The summed E-state index contributed by atoms with van der Waals surface area (Å²) in [6.45, 7) is 29.7. The first-order chi connectivity index (χ1) is 24.1. The molecular weight excluding hydrogens is 609 g/mol. The lowest BCUT2D eigenvalue weighted by Gasteiger charge is -2.39. The van der Waals surface area contributed by atoms with E-state index in [1.54, 1.807) is 18.8 Å². The highest BCUT2D eigenvalue weighted by molar-refractivity contribution is 5.67. The van der Waals surface area contributed by atoms with Crippen LogP contribution in [0.4, 0.5) is 0 Å². The van der Waals surface area contributed by atoms with E-state index in [-0.39, 0.29) is 10.8 Å². The summed E-state index contributed by atoms with van der Waals surface area (Å²) >= 11 is 0. The second kappa shape index (κ2) is 22.4. The molecule has 0 heterocycles. The summed E-state index contributed by atoms with van der Waals surface area (Å²) in [6, 6.07) is 17.3. The van der Waals surface area contributed by atoms with Crippen LogP contribution < -0.4 is 0 Å². The van der Waals surface area contributed by atoms with Crippen molar-refractivity contribution in [2.24, 2.45) is 22.7 Å². The van der Waals surface area contributed by atoms with Crippen LogP contribution in [0.25, 0.3) is 11.1 Å². The van der Waals surface area contributed by atoms with Gasteiger partial charge in [-0.3, -0.25) is 0 Å². The summed E-state index contributed by atoms with van der Waals surface area (Å²) < 4.78 is 4.57. The summed E-state index contributed by atoms with van der Waals surface area (Å²) in [6.07, 6.45) is 29.1. The third-order valence-electron chi connectivity index (χ3n) is 9.09. The molecule has 0 saturated carbocycles. The Morgan fingerprint density at radius 3 is 1.98 bits per heavy atom. The Hall–Kier alpha value is -4.27. The van der Waals surface area contributed by atoms with E-state index in [1.165, 1.54) is 39.0 Å². The van der Waals surface area contributed by atoms with Gasteiger partial charge in [0.15, 0.2) is 0 Å². The van der Waals surface area contributed by atoms with Gasteiger partial charge in [0.25, 0.3) is 0 Å². The molecule has 0 N–H and O–H groups in total. The highest BCUT2D eigenvalue weighted by atomic mass is 16.5. The monoisotopic (exact) mass is 672 g/mol. The van der Waals surface area contributed by atoms with Gasteiger partial charge in [0, 0.05) is 12.5 Å². The Balaban J connectivity index is 0.000000452. The van der Waals surface area contributed by atoms with Gasteiger partial charge in [-0.05, 0) is 78.9 Å². The van der Waals surface area contributed by atoms with E-state index in [0.717, 1.165) is 12.8 Å². The minimum absolute atomic E-state index is 0.0756. The summed E-state index contributed by atoms with van der Waals surface area (Å²) in [5.74, 6) is 1.11. The minimum Gasteiger partial charge on any atom is -0.381 e. The van der Waals surface area contributed by atoms with Crippen molar-refractivity contribution in [3.05, 3.63) is 168 Å². The number of hydrogen-bond donors (Lipinski definition) is 0. The normalized spacial score (nSPS) is 21.7. The molecule has 0 bridgehead atoms. The van der Waals surface area contributed by atoms with Crippen molar-refractivity contribution in [2.75, 3.05) is 13.7 Å². The lowest BCUT2D eigenvalue weighted by molar-refractivity contribution is -0.0980. The summed E-state index contributed by atoms with van der Waals surface area (Å²) in [4.78, 5) is 8.00. The Bertz CT molecular complexity index is 1510. The predicted molar refractivity (Wildman–Crippen MR) is 221 cm³/mol. The van der Waals surface area contributed by atoms with Crippen molar-refractivity contribution < 1.29 is 9.53 Å². The molecule has 3 atom stereocenters. The van der Waals surface area contributed by atoms with Crippen molar-refractivity contribution in [1.82, 2.24) is 0 Å². The van der Waals surface area contributed by atoms with Gasteiger partial charge in [-0.2, -0.15) is 0 Å². The van der Waals surface area contributed by atoms with Gasteiger partial charge in [-0.1, -0.05) is 181 Å². The topological polar surface area (TPSA) is 26.3 Å². The number of benzene rings is 2. The second-order valence-electron chi connectivity index (χ2n) is 13.2. The highest BCUT2D eigenvalue weighted by Gasteiger charge is 2.55. The number of allylic oxidation sites excluding steroid dienone is 15. The minimum atomic E-state index is -0.164. The molecule has 268 valence electrons. The Morgan fingerprint density at radius 2 is 1.54 bits per heavy atom. The Kier molecular flexibility index (Phi) is 19.6. The average Bonchev–Trinajstić information content (AvgIpc) is 3.35. The molecule has 0 saturated heterocycles. The van der Waals surface area contributed by atoms with E-state index in [0.29, 0.717) is 18.4 Å². The van der Waals surface area contributed by atoms with Crippen molar-refractivity contribution >= 4 is 6.79 Å². The molecule has 2 aromatic rings. The second-order valence-corrected chi connectivity index (χ2v) is 13.2. The molecule has 0 aliphatic heterocycles. The molecule has 0 amide bonds. The fourth-order valence-electron chi connectivity index (χ4n) is 6.69. The molecule has 0 spiro atoms. The van der Waals surface area contributed by atoms with Crippen LogP contribution in [-0.4, -0.2) is 20.5 Å². The van der Waals surface area contributed by atoms with E-state index < -0.39 is 0 Å². The summed E-state index contributed by atoms with van der Waals surface area (Å²) in [5.41, 5.74) is 11.1. The molecule has 2 nitrogen and oxygen atoms in total. The van der Waals surface area contributed by atoms with Gasteiger partial charge in [0.2, 0.25) is 0 Å². The largest absolute Gasteiger partial charge is 0.381 e. The number of hydrogen-bond acceptors (Lipinski definition) is 2. The SMILES string of the molecule is C=C/C=C/C1(C(/C=C\C(C)C)=C/C)C2=CC=CCC2(C)C2=C1CC(C)C=C2.C=CCOC.C=O.CC.Cc1ccc(-c2ccc(C)cc2)cc1. The predicted octanol–water partition coefficient (Wildman–Crippen LogP) is 13.3. The molecule has 50 heavy (non-hydrogen) atoms. The molecule has 0 radical (unpaired) electrons. The number of fused-ring (bicyclic) bond motifs is 2. The Labute approximate surface area is 306 Å². The third kappa shape index (κ3) is 11.1. The molecule has 2 heteroatoms. The standard InChI is InChI=1S/C27H34.C14H14.C4H8O.C2H6.CH2O/c1-7-9-18-27(22(8-2)15-13-20(3)4)24-19-21(5)14-16-23(24)26(6)17-11-10-12-25(26)27;1-11-3-7-13(8-4-11)14-9-5-12(2)6-10-14;1-3-4-5-2;2*1-2/h7-16,18,20-21H,1,17,19H2,2-6H3;3-10H,1-2H3;3H,1,4H2,2H3;1-2H3;1H2/b15-13-,18-9+,22-8+;;;;. The van der Waals surface area contributed by atoms with Crippen LogP contribution in [0.5, 0.6) is 0 Å².